The lowest BCUT2D eigenvalue weighted by molar-refractivity contribution is 0.191. The van der Waals surface area contributed by atoms with Gasteiger partial charge in [-0.1, -0.05) is 12.1 Å². The second-order valence-electron chi connectivity index (χ2n) is 6.64. The van der Waals surface area contributed by atoms with E-state index in [1.807, 2.05) is 24.3 Å². The molecule has 0 aliphatic carbocycles. The SMILES string of the molecule is COc1ccc(CNC(=O)N2CCCC2c2nc3ccc(F)cc3[nH]2)cc1. The maximum Gasteiger partial charge on any atom is 0.318 e. The lowest BCUT2D eigenvalue weighted by atomic mass is 10.2. The fourth-order valence-electron chi connectivity index (χ4n) is 3.48. The first-order valence-corrected chi connectivity index (χ1v) is 8.96. The third-order valence-corrected chi connectivity index (χ3v) is 4.89. The van der Waals surface area contributed by atoms with Crippen LogP contribution in [0.15, 0.2) is 42.5 Å². The van der Waals surface area contributed by atoms with E-state index in [0.29, 0.717) is 29.9 Å². The van der Waals surface area contributed by atoms with Gasteiger partial charge in [0, 0.05) is 13.1 Å². The number of benzene rings is 2. The highest BCUT2D eigenvalue weighted by Crippen LogP contribution is 2.31. The number of rotatable bonds is 4. The molecule has 2 aromatic carbocycles. The van der Waals surface area contributed by atoms with E-state index in [0.717, 1.165) is 24.2 Å². The highest BCUT2D eigenvalue weighted by molar-refractivity contribution is 5.77. The predicted molar refractivity (Wildman–Crippen MR) is 100.0 cm³/mol. The van der Waals surface area contributed by atoms with Crippen LogP contribution in [-0.2, 0) is 6.54 Å². The summed E-state index contributed by atoms with van der Waals surface area (Å²) >= 11 is 0. The molecule has 4 rings (SSSR count). The summed E-state index contributed by atoms with van der Waals surface area (Å²) in [7, 11) is 1.62. The monoisotopic (exact) mass is 368 g/mol. The highest BCUT2D eigenvalue weighted by Gasteiger charge is 2.32. The molecule has 1 aliphatic rings. The number of aromatic amines is 1. The number of halogens is 1. The Morgan fingerprint density at radius 2 is 2.15 bits per heavy atom. The van der Waals surface area contributed by atoms with E-state index in [1.54, 1.807) is 18.1 Å². The van der Waals surface area contributed by atoms with E-state index in [-0.39, 0.29) is 17.9 Å². The number of carbonyl (C=O) groups is 1. The number of urea groups is 1. The first-order chi connectivity index (χ1) is 13.1. The molecule has 2 amide bonds. The van der Waals surface area contributed by atoms with Gasteiger partial charge in [-0.3, -0.25) is 0 Å². The van der Waals surface area contributed by atoms with Gasteiger partial charge in [0.15, 0.2) is 0 Å². The normalized spacial score (nSPS) is 16.7. The van der Waals surface area contributed by atoms with Crippen molar-refractivity contribution in [3.63, 3.8) is 0 Å². The minimum absolute atomic E-state index is 0.125. The van der Waals surface area contributed by atoms with E-state index < -0.39 is 0 Å². The Labute approximate surface area is 156 Å². The van der Waals surface area contributed by atoms with Crippen LogP contribution in [0.2, 0.25) is 0 Å². The molecule has 0 spiro atoms. The Morgan fingerprint density at radius 3 is 2.93 bits per heavy atom. The van der Waals surface area contributed by atoms with Crippen molar-refractivity contribution in [1.29, 1.82) is 0 Å². The zero-order valence-electron chi connectivity index (χ0n) is 15.0. The molecule has 0 saturated carbocycles. The Morgan fingerprint density at radius 1 is 1.33 bits per heavy atom. The molecule has 0 bridgehead atoms. The predicted octanol–water partition coefficient (Wildman–Crippen LogP) is 3.76. The summed E-state index contributed by atoms with van der Waals surface area (Å²) in [6, 6.07) is 11.8. The maximum absolute atomic E-state index is 13.4. The number of ether oxygens (including phenoxy) is 1. The number of fused-ring (bicyclic) bond motifs is 1. The van der Waals surface area contributed by atoms with Gasteiger partial charge in [0.25, 0.3) is 0 Å². The summed E-state index contributed by atoms with van der Waals surface area (Å²) in [5.41, 5.74) is 2.35. The second kappa shape index (κ2) is 7.26. The van der Waals surface area contributed by atoms with Crippen molar-refractivity contribution in [3.8, 4) is 5.75 Å². The lowest BCUT2D eigenvalue weighted by Crippen LogP contribution is -2.39. The number of aromatic nitrogens is 2. The highest BCUT2D eigenvalue weighted by atomic mass is 19.1. The van der Waals surface area contributed by atoms with Gasteiger partial charge in [-0.2, -0.15) is 0 Å². The number of hydrogen-bond donors (Lipinski definition) is 2. The van der Waals surface area contributed by atoms with Gasteiger partial charge < -0.3 is 19.9 Å². The standard InChI is InChI=1S/C20H21FN4O2/c1-27-15-7-4-13(5-8-15)12-22-20(26)25-10-2-3-18(25)19-23-16-9-6-14(21)11-17(16)24-19/h4-9,11,18H,2-3,10,12H2,1H3,(H,22,26)(H,23,24). The Kier molecular flexibility index (Phi) is 4.66. The molecule has 1 aromatic heterocycles. The molecule has 27 heavy (non-hydrogen) atoms. The first kappa shape index (κ1) is 17.3. The van der Waals surface area contributed by atoms with Gasteiger partial charge in [0.2, 0.25) is 0 Å². The molecular weight excluding hydrogens is 347 g/mol. The molecule has 1 aliphatic heterocycles. The molecule has 6 nitrogen and oxygen atoms in total. The lowest BCUT2D eigenvalue weighted by Gasteiger charge is -2.23. The van der Waals surface area contributed by atoms with E-state index in [9.17, 15) is 9.18 Å². The van der Waals surface area contributed by atoms with Crippen molar-refractivity contribution in [1.82, 2.24) is 20.2 Å². The summed E-state index contributed by atoms with van der Waals surface area (Å²) in [6.45, 7) is 1.11. The average molecular weight is 368 g/mol. The average Bonchev–Trinajstić information content (AvgIpc) is 3.32. The van der Waals surface area contributed by atoms with E-state index in [1.165, 1.54) is 12.1 Å². The molecule has 3 aromatic rings. The Bertz CT molecular complexity index is 954. The zero-order valence-corrected chi connectivity index (χ0v) is 15.0. The number of amides is 2. The largest absolute Gasteiger partial charge is 0.497 e. The molecule has 7 heteroatoms. The van der Waals surface area contributed by atoms with Crippen molar-refractivity contribution >= 4 is 17.1 Å². The number of hydrogen-bond acceptors (Lipinski definition) is 3. The summed E-state index contributed by atoms with van der Waals surface area (Å²) in [6.07, 6.45) is 1.74. The van der Waals surface area contributed by atoms with Crippen molar-refractivity contribution in [2.75, 3.05) is 13.7 Å². The second-order valence-corrected chi connectivity index (χ2v) is 6.64. The number of nitrogens with one attached hydrogen (secondary N) is 2. The van der Waals surface area contributed by atoms with E-state index in [2.05, 4.69) is 15.3 Å². The van der Waals surface area contributed by atoms with Gasteiger partial charge in [-0.05, 0) is 48.7 Å². The van der Waals surface area contributed by atoms with Crippen LogP contribution in [0.1, 0.15) is 30.3 Å². The third kappa shape index (κ3) is 3.58. The van der Waals surface area contributed by atoms with Crippen molar-refractivity contribution in [3.05, 3.63) is 59.7 Å². The molecule has 2 heterocycles. The smallest absolute Gasteiger partial charge is 0.318 e. The van der Waals surface area contributed by atoms with Crippen LogP contribution in [0.25, 0.3) is 11.0 Å². The maximum atomic E-state index is 13.4. The van der Waals surface area contributed by atoms with E-state index >= 15 is 0 Å². The number of likely N-dealkylation sites (tertiary alicyclic amines) is 1. The Hall–Kier alpha value is -3.09. The van der Waals surface area contributed by atoms with Crippen LogP contribution in [0.4, 0.5) is 9.18 Å². The molecular formula is C20H21FN4O2. The van der Waals surface area contributed by atoms with Gasteiger partial charge >= 0.3 is 6.03 Å². The molecule has 1 saturated heterocycles. The van der Waals surface area contributed by atoms with Gasteiger partial charge in [-0.15, -0.1) is 0 Å². The quantitative estimate of drug-likeness (QED) is 0.737. The fraction of sp³-hybridized carbons (Fsp3) is 0.300. The number of methoxy groups -OCH3 is 1. The molecule has 140 valence electrons. The van der Waals surface area contributed by atoms with Crippen LogP contribution >= 0.6 is 0 Å². The van der Waals surface area contributed by atoms with Gasteiger partial charge in [0.05, 0.1) is 24.2 Å². The fourth-order valence-corrected chi connectivity index (χ4v) is 3.48. The van der Waals surface area contributed by atoms with Crippen LogP contribution in [-0.4, -0.2) is 34.6 Å². The van der Waals surface area contributed by atoms with Gasteiger partial charge in [-0.25, -0.2) is 14.2 Å². The van der Waals surface area contributed by atoms with Crippen LogP contribution in [0.5, 0.6) is 5.75 Å². The number of nitrogens with zero attached hydrogens (tertiary/aromatic N) is 2. The summed E-state index contributed by atoms with van der Waals surface area (Å²) in [5, 5.41) is 2.97. The topological polar surface area (TPSA) is 70.2 Å². The number of H-pyrrole nitrogens is 1. The van der Waals surface area contributed by atoms with Crippen molar-refractivity contribution in [2.24, 2.45) is 0 Å². The molecule has 2 N–H and O–H groups in total. The number of imidazole rings is 1. The summed E-state index contributed by atoms with van der Waals surface area (Å²) in [5.74, 6) is 1.18. The van der Waals surface area contributed by atoms with Crippen molar-refractivity contribution < 1.29 is 13.9 Å². The van der Waals surface area contributed by atoms with Crippen LogP contribution in [0, 0.1) is 5.82 Å². The molecule has 1 unspecified atom stereocenters. The molecule has 1 fully saturated rings. The van der Waals surface area contributed by atoms with Crippen molar-refractivity contribution in [2.45, 2.75) is 25.4 Å². The third-order valence-electron chi connectivity index (χ3n) is 4.89. The molecule has 0 radical (unpaired) electrons. The number of carbonyl (C=O) groups excluding carboxylic acids is 1. The minimum atomic E-state index is -0.307. The van der Waals surface area contributed by atoms with Gasteiger partial charge in [0.1, 0.15) is 17.4 Å². The minimum Gasteiger partial charge on any atom is -0.497 e. The Balaban J connectivity index is 1.45. The van der Waals surface area contributed by atoms with Crippen LogP contribution in [0.3, 0.4) is 0 Å². The summed E-state index contributed by atoms with van der Waals surface area (Å²) < 4.78 is 18.5. The first-order valence-electron chi connectivity index (χ1n) is 8.96. The molecule has 1 atom stereocenters. The summed E-state index contributed by atoms with van der Waals surface area (Å²) in [4.78, 5) is 22.2. The van der Waals surface area contributed by atoms with Crippen LogP contribution < -0.4 is 10.1 Å². The zero-order chi connectivity index (χ0) is 18.8. The van der Waals surface area contributed by atoms with E-state index in [4.69, 9.17) is 4.74 Å².